The van der Waals surface area contributed by atoms with Gasteiger partial charge >= 0.3 is 0 Å². The van der Waals surface area contributed by atoms with Crippen molar-refractivity contribution in [3.63, 3.8) is 0 Å². The lowest BCUT2D eigenvalue weighted by molar-refractivity contribution is -0.118. The van der Waals surface area contributed by atoms with Crippen molar-refractivity contribution in [1.29, 1.82) is 0 Å². The molecular weight excluding hydrogens is 413 g/mol. The topological polar surface area (TPSA) is 72.7 Å². The molecule has 0 spiro atoms. The highest BCUT2D eigenvalue weighted by molar-refractivity contribution is 7.99. The standard InChI is InChI=1S/C23H20FN5OS/c1-16-6-5-13-25-20(16)14-26-21(30)15-31-23-28-27-22(17-9-11-18(24)12-10-17)29(23)19-7-3-2-4-8-19/h2-13H,14-15H2,1H3,(H,26,30). The van der Waals surface area contributed by atoms with Gasteiger partial charge in [0.25, 0.3) is 0 Å². The minimum absolute atomic E-state index is 0.124. The zero-order valence-corrected chi connectivity index (χ0v) is 17.6. The Morgan fingerprint density at radius 2 is 1.81 bits per heavy atom. The van der Waals surface area contributed by atoms with Crippen LogP contribution in [-0.4, -0.2) is 31.4 Å². The Morgan fingerprint density at radius 1 is 1.03 bits per heavy atom. The molecule has 4 rings (SSSR count). The number of hydrogen-bond acceptors (Lipinski definition) is 5. The average molecular weight is 434 g/mol. The van der Waals surface area contributed by atoms with Crippen LogP contribution in [0.25, 0.3) is 17.1 Å². The van der Waals surface area contributed by atoms with Crippen LogP contribution >= 0.6 is 11.8 Å². The zero-order chi connectivity index (χ0) is 21.6. The first-order valence-corrected chi connectivity index (χ1v) is 10.7. The van der Waals surface area contributed by atoms with E-state index in [9.17, 15) is 9.18 Å². The second-order valence-corrected chi connectivity index (χ2v) is 7.76. The summed E-state index contributed by atoms with van der Waals surface area (Å²) in [5, 5.41) is 12.1. The molecule has 1 amide bonds. The first-order chi connectivity index (χ1) is 15.1. The third-order valence-corrected chi connectivity index (χ3v) is 5.58. The monoisotopic (exact) mass is 433 g/mol. The van der Waals surface area contributed by atoms with Crippen molar-refractivity contribution in [3.05, 3.63) is 90.0 Å². The van der Waals surface area contributed by atoms with Crippen molar-refractivity contribution in [2.45, 2.75) is 18.6 Å². The molecule has 0 radical (unpaired) electrons. The number of nitrogens with zero attached hydrogens (tertiary/aromatic N) is 4. The van der Waals surface area contributed by atoms with Crippen LogP contribution in [0.3, 0.4) is 0 Å². The van der Waals surface area contributed by atoms with Gasteiger partial charge in [-0.1, -0.05) is 36.0 Å². The lowest BCUT2D eigenvalue weighted by Gasteiger charge is -2.10. The Labute approximate surface area is 183 Å². The first-order valence-electron chi connectivity index (χ1n) is 9.68. The Kier molecular flexibility index (Phi) is 6.37. The summed E-state index contributed by atoms with van der Waals surface area (Å²) < 4.78 is 15.2. The molecule has 0 aliphatic carbocycles. The molecule has 2 aromatic carbocycles. The van der Waals surface area contributed by atoms with Gasteiger partial charge in [-0.3, -0.25) is 14.3 Å². The van der Waals surface area contributed by atoms with Crippen LogP contribution in [0.5, 0.6) is 0 Å². The quantitative estimate of drug-likeness (QED) is 0.443. The van der Waals surface area contributed by atoms with Crippen LogP contribution in [0.4, 0.5) is 4.39 Å². The van der Waals surface area contributed by atoms with Gasteiger partial charge in [0.1, 0.15) is 5.82 Å². The largest absolute Gasteiger partial charge is 0.350 e. The highest BCUT2D eigenvalue weighted by Crippen LogP contribution is 2.28. The molecule has 0 atom stereocenters. The van der Waals surface area contributed by atoms with Crippen molar-refractivity contribution in [1.82, 2.24) is 25.1 Å². The van der Waals surface area contributed by atoms with Gasteiger partial charge in [-0.2, -0.15) is 0 Å². The van der Waals surface area contributed by atoms with E-state index in [0.29, 0.717) is 17.5 Å². The average Bonchev–Trinajstić information content (AvgIpc) is 3.22. The van der Waals surface area contributed by atoms with E-state index in [4.69, 9.17) is 0 Å². The molecule has 6 nitrogen and oxygen atoms in total. The third kappa shape index (κ3) is 4.97. The van der Waals surface area contributed by atoms with E-state index in [1.165, 1.54) is 23.9 Å². The van der Waals surface area contributed by atoms with Gasteiger partial charge in [-0.05, 0) is 55.0 Å². The van der Waals surface area contributed by atoms with E-state index in [0.717, 1.165) is 22.5 Å². The molecular formula is C23H20FN5OS. The summed E-state index contributed by atoms with van der Waals surface area (Å²) in [6.45, 7) is 2.33. The molecule has 0 aliphatic rings. The van der Waals surface area contributed by atoms with Gasteiger partial charge in [0.05, 0.1) is 18.0 Å². The first kappa shape index (κ1) is 20.7. The molecule has 4 aromatic rings. The second kappa shape index (κ2) is 9.53. The number of thioether (sulfide) groups is 1. The van der Waals surface area contributed by atoms with Gasteiger partial charge in [-0.25, -0.2) is 4.39 Å². The van der Waals surface area contributed by atoms with Gasteiger partial charge in [-0.15, -0.1) is 10.2 Å². The molecule has 0 unspecified atom stereocenters. The maximum atomic E-state index is 13.4. The number of benzene rings is 2. The molecule has 2 heterocycles. The van der Waals surface area contributed by atoms with E-state index in [1.54, 1.807) is 18.3 Å². The fraction of sp³-hybridized carbons (Fsp3) is 0.130. The molecule has 2 aromatic heterocycles. The molecule has 0 fully saturated rings. The van der Waals surface area contributed by atoms with Crippen molar-refractivity contribution in [2.75, 3.05) is 5.75 Å². The Hall–Kier alpha value is -3.52. The van der Waals surface area contributed by atoms with Crippen LogP contribution in [-0.2, 0) is 11.3 Å². The molecule has 0 aliphatic heterocycles. The minimum atomic E-state index is -0.316. The number of aromatic nitrogens is 4. The number of nitrogens with one attached hydrogen (secondary N) is 1. The predicted molar refractivity (Wildman–Crippen MR) is 118 cm³/mol. The summed E-state index contributed by atoms with van der Waals surface area (Å²) in [5.41, 5.74) is 3.47. The zero-order valence-electron chi connectivity index (χ0n) is 16.8. The Balaban J connectivity index is 1.52. The Bertz CT molecular complexity index is 1180. The smallest absolute Gasteiger partial charge is 0.230 e. The summed E-state index contributed by atoms with van der Waals surface area (Å²) in [6.07, 6.45) is 1.71. The number of hydrogen-bond donors (Lipinski definition) is 1. The summed E-state index contributed by atoms with van der Waals surface area (Å²) in [4.78, 5) is 16.7. The lowest BCUT2D eigenvalue weighted by Crippen LogP contribution is -2.25. The van der Waals surface area contributed by atoms with Crippen molar-refractivity contribution < 1.29 is 9.18 Å². The lowest BCUT2D eigenvalue weighted by atomic mass is 10.2. The molecule has 31 heavy (non-hydrogen) atoms. The Morgan fingerprint density at radius 3 is 2.55 bits per heavy atom. The fourth-order valence-corrected chi connectivity index (χ4v) is 3.81. The maximum absolute atomic E-state index is 13.4. The van der Waals surface area contributed by atoms with E-state index < -0.39 is 0 Å². The SMILES string of the molecule is Cc1cccnc1CNC(=O)CSc1nnc(-c2ccc(F)cc2)n1-c1ccccc1. The van der Waals surface area contributed by atoms with Crippen molar-refractivity contribution in [3.8, 4) is 17.1 Å². The van der Waals surface area contributed by atoms with Crippen LogP contribution < -0.4 is 5.32 Å². The van der Waals surface area contributed by atoms with Gasteiger partial charge in [0.2, 0.25) is 5.91 Å². The van der Waals surface area contributed by atoms with E-state index >= 15 is 0 Å². The number of aryl methyl sites for hydroxylation is 1. The number of carbonyl (C=O) groups excluding carboxylic acids is 1. The second-order valence-electron chi connectivity index (χ2n) is 6.82. The minimum Gasteiger partial charge on any atom is -0.350 e. The third-order valence-electron chi connectivity index (χ3n) is 4.65. The highest BCUT2D eigenvalue weighted by Gasteiger charge is 2.17. The number of carbonyl (C=O) groups is 1. The number of halogens is 1. The predicted octanol–water partition coefficient (Wildman–Crippen LogP) is 4.19. The van der Waals surface area contributed by atoms with Gasteiger partial charge < -0.3 is 5.32 Å². The molecule has 1 N–H and O–H groups in total. The molecule has 0 saturated carbocycles. The van der Waals surface area contributed by atoms with Crippen LogP contribution in [0.1, 0.15) is 11.3 Å². The van der Waals surface area contributed by atoms with E-state index in [2.05, 4.69) is 20.5 Å². The molecule has 156 valence electrons. The highest BCUT2D eigenvalue weighted by atomic mass is 32.2. The molecule has 8 heteroatoms. The van der Waals surface area contributed by atoms with Crippen molar-refractivity contribution in [2.24, 2.45) is 0 Å². The van der Waals surface area contributed by atoms with Gasteiger partial charge in [0.15, 0.2) is 11.0 Å². The molecule has 0 bridgehead atoms. The van der Waals surface area contributed by atoms with Crippen LogP contribution in [0, 0.1) is 12.7 Å². The number of rotatable bonds is 7. The van der Waals surface area contributed by atoms with Crippen LogP contribution in [0.15, 0.2) is 78.1 Å². The number of pyridine rings is 1. The normalized spacial score (nSPS) is 10.8. The van der Waals surface area contributed by atoms with Crippen LogP contribution in [0.2, 0.25) is 0 Å². The number of amides is 1. The van der Waals surface area contributed by atoms with Crippen molar-refractivity contribution >= 4 is 17.7 Å². The summed E-state index contributed by atoms with van der Waals surface area (Å²) >= 11 is 1.29. The summed E-state index contributed by atoms with van der Waals surface area (Å²) in [6, 6.07) is 19.6. The molecule has 0 saturated heterocycles. The summed E-state index contributed by atoms with van der Waals surface area (Å²) in [5.74, 6) is 0.323. The van der Waals surface area contributed by atoms with E-state index in [-0.39, 0.29) is 17.5 Å². The van der Waals surface area contributed by atoms with Gasteiger partial charge in [0, 0.05) is 17.4 Å². The maximum Gasteiger partial charge on any atom is 0.230 e. The number of para-hydroxylation sites is 1. The fourth-order valence-electron chi connectivity index (χ4n) is 3.03. The van der Waals surface area contributed by atoms with E-state index in [1.807, 2.05) is 54.0 Å². The summed E-state index contributed by atoms with van der Waals surface area (Å²) in [7, 11) is 0.